The van der Waals surface area contributed by atoms with E-state index in [9.17, 15) is 29.4 Å². The first kappa shape index (κ1) is 21.2. The maximum atomic E-state index is 12.2. The molecule has 0 unspecified atom stereocenters. The van der Waals surface area contributed by atoms with Crippen LogP contribution >= 0.6 is 0 Å². The first-order valence-electron chi connectivity index (χ1n) is 8.83. The fourth-order valence-corrected chi connectivity index (χ4v) is 2.61. The van der Waals surface area contributed by atoms with Crippen LogP contribution in [0.4, 0.5) is 5.95 Å². The van der Waals surface area contributed by atoms with Gasteiger partial charge in [0.15, 0.2) is 11.2 Å². The fraction of sp³-hybridized carbons (Fsp3) is 0.167. The molecule has 0 fully saturated rings. The van der Waals surface area contributed by atoms with Crippen LogP contribution in [0.5, 0.6) is 5.75 Å². The van der Waals surface area contributed by atoms with E-state index in [1.54, 1.807) is 0 Å². The summed E-state index contributed by atoms with van der Waals surface area (Å²) in [7, 11) is 0. The zero-order chi connectivity index (χ0) is 22.5. The lowest BCUT2D eigenvalue weighted by atomic mass is 10.1. The van der Waals surface area contributed by atoms with E-state index in [2.05, 4.69) is 30.6 Å². The van der Waals surface area contributed by atoms with Gasteiger partial charge in [-0.05, 0) is 17.7 Å². The normalized spacial score (nSPS) is 11.6. The third kappa shape index (κ3) is 5.29. The molecule has 0 saturated carbocycles. The average Bonchev–Trinajstić information content (AvgIpc) is 2.72. The molecule has 0 bridgehead atoms. The molecule has 13 nitrogen and oxygen atoms in total. The van der Waals surface area contributed by atoms with Crippen molar-refractivity contribution in [1.29, 1.82) is 0 Å². The Morgan fingerprint density at radius 1 is 1.16 bits per heavy atom. The molecule has 2 aromatic heterocycles. The molecule has 2 heterocycles. The number of phenols is 1. The lowest BCUT2D eigenvalue weighted by Gasteiger charge is -2.15. The van der Waals surface area contributed by atoms with Crippen LogP contribution < -0.4 is 21.9 Å². The summed E-state index contributed by atoms with van der Waals surface area (Å²) in [4.78, 5) is 61.2. The SMILES string of the molecule is Nc1nc2nc(C(=O)NCC(=O)N[C@@H](Cc3ccc(O)cc3)C(=O)O)cnc2c(=O)[nH]1. The van der Waals surface area contributed by atoms with Crippen molar-refractivity contribution in [2.45, 2.75) is 12.5 Å². The maximum absolute atomic E-state index is 12.2. The zero-order valence-electron chi connectivity index (χ0n) is 15.8. The Bertz CT molecular complexity index is 1210. The quantitative estimate of drug-likeness (QED) is 0.258. The van der Waals surface area contributed by atoms with Crippen LogP contribution in [0.3, 0.4) is 0 Å². The Kier molecular flexibility index (Phi) is 6.05. The van der Waals surface area contributed by atoms with Gasteiger partial charge in [0.2, 0.25) is 11.9 Å². The number of phenolic OH excluding ortho intramolecular Hbond substituents is 1. The molecule has 0 aliphatic rings. The predicted octanol–water partition coefficient (Wildman–Crippen LogP) is -1.46. The lowest BCUT2D eigenvalue weighted by molar-refractivity contribution is -0.141. The van der Waals surface area contributed by atoms with Crippen molar-refractivity contribution in [2.24, 2.45) is 0 Å². The molecule has 13 heteroatoms. The van der Waals surface area contributed by atoms with Crippen LogP contribution in [0, 0.1) is 0 Å². The summed E-state index contributed by atoms with van der Waals surface area (Å²) in [6, 6.07) is 4.62. The smallest absolute Gasteiger partial charge is 0.326 e. The Morgan fingerprint density at radius 2 is 1.87 bits per heavy atom. The van der Waals surface area contributed by atoms with E-state index in [-0.39, 0.29) is 35.0 Å². The van der Waals surface area contributed by atoms with E-state index in [1.807, 2.05) is 0 Å². The summed E-state index contributed by atoms with van der Waals surface area (Å²) in [5.74, 6) is -2.96. The van der Waals surface area contributed by atoms with Gasteiger partial charge in [-0.1, -0.05) is 12.1 Å². The minimum Gasteiger partial charge on any atom is -0.508 e. The average molecular weight is 427 g/mol. The number of H-pyrrole nitrogens is 1. The fourth-order valence-electron chi connectivity index (χ4n) is 2.61. The lowest BCUT2D eigenvalue weighted by Crippen LogP contribution is -2.46. The van der Waals surface area contributed by atoms with Gasteiger partial charge in [-0.2, -0.15) is 4.98 Å². The van der Waals surface area contributed by atoms with Crippen molar-refractivity contribution < 1.29 is 24.6 Å². The number of aromatic nitrogens is 4. The van der Waals surface area contributed by atoms with Gasteiger partial charge in [-0.15, -0.1) is 0 Å². The molecule has 7 N–H and O–H groups in total. The minimum atomic E-state index is -1.26. The van der Waals surface area contributed by atoms with E-state index in [1.165, 1.54) is 24.3 Å². The molecule has 1 atom stereocenters. The number of benzene rings is 1. The minimum absolute atomic E-state index is 0.0207. The van der Waals surface area contributed by atoms with Crippen LogP contribution in [-0.2, 0) is 16.0 Å². The number of anilines is 1. The number of aromatic hydroxyl groups is 1. The number of rotatable bonds is 7. The van der Waals surface area contributed by atoms with Crippen molar-refractivity contribution >= 4 is 34.9 Å². The van der Waals surface area contributed by atoms with E-state index in [0.29, 0.717) is 5.56 Å². The third-order valence-electron chi connectivity index (χ3n) is 4.09. The number of amides is 2. The molecule has 2 amide bonds. The second kappa shape index (κ2) is 8.86. The van der Waals surface area contributed by atoms with Crippen LogP contribution in [0.15, 0.2) is 35.3 Å². The molecule has 31 heavy (non-hydrogen) atoms. The Hall–Kier alpha value is -4.55. The molecular formula is C18H17N7O6. The molecule has 0 saturated heterocycles. The number of nitrogens with zero attached hydrogens (tertiary/aromatic N) is 3. The summed E-state index contributed by atoms with van der Waals surface area (Å²) >= 11 is 0. The third-order valence-corrected chi connectivity index (χ3v) is 4.09. The van der Waals surface area contributed by atoms with Gasteiger partial charge in [0.25, 0.3) is 11.5 Å². The van der Waals surface area contributed by atoms with Crippen LogP contribution in [-0.4, -0.2) is 60.5 Å². The number of hydrogen-bond donors (Lipinski definition) is 6. The highest BCUT2D eigenvalue weighted by Gasteiger charge is 2.21. The zero-order valence-corrected chi connectivity index (χ0v) is 15.8. The number of nitrogen functional groups attached to an aromatic ring is 1. The molecular weight excluding hydrogens is 410 g/mol. The number of carboxylic acid groups (broad SMARTS) is 1. The molecule has 3 aromatic rings. The van der Waals surface area contributed by atoms with E-state index < -0.39 is 35.9 Å². The van der Waals surface area contributed by atoms with Gasteiger partial charge in [0.1, 0.15) is 17.5 Å². The second-order valence-corrected chi connectivity index (χ2v) is 6.39. The predicted molar refractivity (Wildman–Crippen MR) is 106 cm³/mol. The number of aromatic amines is 1. The van der Waals surface area contributed by atoms with Gasteiger partial charge >= 0.3 is 5.97 Å². The highest BCUT2D eigenvalue weighted by Crippen LogP contribution is 2.11. The molecule has 1 aromatic carbocycles. The van der Waals surface area contributed by atoms with Gasteiger partial charge in [-0.3, -0.25) is 19.4 Å². The van der Waals surface area contributed by atoms with Gasteiger partial charge in [-0.25, -0.2) is 14.8 Å². The first-order valence-corrected chi connectivity index (χ1v) is 8.83. The number of carbonyl (C=O) groups is 3. The van der Waals surface area contributed by atoms with Crippen molar-refractivity contribution in [3.63, 3.8) is 0 Å². The van der Waals surface area contributed by atoms with Crippen LogP contribution in [0.1, 0.15) is 16.1 Å². The molecule has 3 rings (SSSR count). The number of nitrogens with two attached hydrogens (primary N) is 1. The molecule has 0 aliphatic carbocycles. The summed E-state index contributed by atoms with van der Waals surface area (Å²) in [6.45, 7) is -0.525. The largest absolute Gasteiger partial charge is 0.508 e. The number of fused-ring (bicyclic) bond motifs is 1. The summed E-state index contributed by atoms with van der Waals surface area (Å²) < 4.78 is 0. The van der Waals surface area contributed by atoms with Crippen LogP contribution in [0.2, 0.25) is 0 Å². The van der Waals surface area contributed by atoms with Crippen molar-refractivity contribution in [3.8, 4) is 5.75 Å². The van der Waals surface area contributed by atoms with Crippen molar-refractivity contribution in [1.82, 2.24) is 30.6 Å². The van der Waals surface area contributed by atoms with Crippen molar-refractivity contribution in [2.75, 3.05) is 12.3 Å². The standard InChI is InChI=1S/C18H17N7O6/c19-18-24-14-13(16(29)25-18)20-6-11(23-14)15(28)21-7-12(27)22-10(17(30)31)5-8-1-3-9(26)4-2-8/h1-4,6,10,26H,5,7H2,(H,21,28)(H,22,27)(H,30,31)(H3,19,23,24,25,29)/t10-/m0/s1. The molecule has 160 valence electrons. The monoisotopic (exact) mass is 427 g/mol. The summed E-state index contributed by atoms with van der Waals surface area (Å²) in [5, 5.41) is 23.2. The Morgan fingerprint density at radius 3 is 2.55 bits per heavy atom. The van der Waals surface area contributed by atoms with Gasteiger partial charge < -0.3 is 26.6 Å². The number of carbonyl (C=O) groups excluding carboxylic acids is 2. The number of nitrogens with one attached hydrogen (secondary N) is 3. The summed E-state index contributed by atoms with van der Waals surface area (Å²) in [5.41, 5.74) is 4.94. The Balaban J connectivity index is 1.61. The molecule has 0 spiro atoms. The number of carboxylic acids is 1. The Labute approximate surface area is 173 Å². The van der Waals surface area contributed by atoms with Gasteiger partial charge in [0.05, 0.1) is 12.7 Å². The van der Waals surface area contributed by atoms with E-state index >= 15 is 0 Å². The molecule has 0 aliphatic heterocycles. The van der Waals surface area contributed by atoms with E-state index in [4.69, 9.17) is 5.73 Å². The topological polar surface area (TPSA) is 213 Å². The number of hydrogen-bond acceptors (Lipinski definition) is 9. The second-order valence-electron chi connectivity index (χ2n) is 6.39. The molecule has 0 radical (unpaired) electrons. The van der Waals surface area contributed by atoms with Gasteiger partial charge in [0, 0.05) is 6.42 Å². The van der Waals surface area contributed by atoms with Crippen LogP contribution in [0.25, 0.3) is 11.2 Å². The maximum Gasteiger partial charge on any atom is 0.326 e. The van der Waals surface area contributed by atoms with Crippen molar-refractivity contribution in [3.05, 3.63) is 52.1 Å². The highest BCUT2D eigenvalue weighted by molar-refractivity contribution is 5.96. The van der Waals surface area contributed by atoms with E-state index in [0.717, 1.165) is 6.20 Å². The number of aliphatic carboxylic acids is 1. The highest BCUT2D eigenvalue weighted by atomic mass is 16.4. The summed E-state index contributed by atoms with van der Waals surface area (Å²) in [6.07, 6.45) is 1.01. The first-order chi connectivity index (χ1) is 14.7.